The molecular formula is C21H26ClN3O. The highest BCUT2D eigenvalue weighted by atomic mass is 35.5. The summed E-state index contributed by atoms with van der Waals surface area (Å²) < 4.78 is 0. The van der Waals surface area contributed by atoms with Gasteiger partial charge >= 0.3 is 0 Å². The van der Waals surface area contributed by atoms with Crippen LogP contribution in [-0.2, 0) is 4.79 Å². The number of para-hydroxylation sites is 1. The van der Waals surface area contributed by atoms with Crippen LogP contribution in [0.2, 0.25) is 5.02 Å². The van der Waals surface area contributed by atoms with Crippen molar-refractivity contribution in [2.45, 2.75) is 19.8 Å². The summed E-state index contributed by atoms with van der Waals surface area (Å²) in [6, 6.07) is 16.0. The molecule has 2 aromatic carbocycles. The Kier molecular flexibility index (Phi) is 6.17. The van der Waals surface area contributed by atoms with E-state index >= 15 is 0 Å². The largest absolute Gasteiger partial charge is 0.369 e. The van der Waals surface area contributed by atoms with Gasteiger partial charge in [-0.15, -0.1) is 0 Å². The zero-order valence-electron chi connectivity index (χ0n) is 15.4. The maximum Gasteiger partial charge on any atom is 0.238 e. The minimum atomic E-state index is 0.0503. The van der Waals surface area contributed by atoms with E-state index in [-0.39, 0.29) is 5.91 Å². The second kappa shape index (κ2) is 8.56. The van der Waals surface area contributed by atoms with Gasteiger partial charge in [-0.3, -0.25) is 9.69 Å². The minimum Gasteiger partial charge on any atom is -0.369 e. The number of carbonyl (C=O) groups excluding carboxylic acids is 1. The van der Waals surface area contributed by atoms with Gasteiger partial charge in [0.1, 0.15) is 0 Å². The number of carbonyl (C=O) groups is 1. The number of nitrogens with zero attached hydrogens (tertiary/aromatic N) is 2. The van der Waals surface area contributed by atoms with Crippen LogP contribution in [0.25, 0.3) is 0 Å². The maximum absolute atomic E-state index is 12.5. The van der Waals surface area contributed by atoms with Crippen molar-refractivity contribution >= 4 is 28.9 Å². The minimum absolute atomic E-state index is 0.0503. The molecule has 0 aliphatic carbocycles. The van der Waals surface area contributed by atoms with Crippen LogP contribution in [0, 0.1) is 0 Å². The van der Waals surface area contributed by atoms with Crippen LogP contribution in [-0.4, -0.2) is 43.5 Å². The average molecular weight is 372 g/mol. The number of nitrogens with one attached hydrogen (secondary N) is 1. The van der Waals surface area contributed by atoms with Crippen LogP contribution in [0.1, 0.15) is 25.3 Å². The molecule has 1 N–H and O–H groups in total. The second-order valence-corrected chi connectivity index (χ2v) is 7.47. The van der Waals surface area contributed by atoms with Gasteiger partial charge in [0.15, 0.2) is 0 Å². The van der Waals surface area contributed by atoms with E-state index in [1.54, 1.807) is 0 Å². The van der Waals surface area contributed by atoms with Crippen LogP contribution in [0.3, 0.4) is 0 Å². The van der Waals surface area contributed by atoms with E-state index in [1.807, 2.05) is 36.4 Å². The summed E-state index contributed by atoms with van der Waals surface area (Å²) in [7, 11) is 0. The molecule has 138 valence electrons. The van der Waals surface area contributed by atoms with Crippen molar-refractivity contribution in [3.63, 3.8) is 0 Å². The molecule has 0 atom stereocenters. The molecule has 0 bridgehead atoms. The van der Waals surface area contributed by atoms with Crippen molar-refractivity contribution < 1.29 is 4.79 Å². The molecule has 3 rings (SSSR count). The molecule has 0 spiro atoms. The van der Waals surface area contributed by atoms with Gasteiger partial charge < -0.3 is 10.2 Å². The molecule has 26 heavy (non-hydrogen) atoms. The van der Waals surface area contributed by atoms with Crippen molar-refractivity contribution in [2.75, 3.05) is 42.9 Å². The van der Waals surface area contributed by atoms with E-state index in [1.165, 1.54) is 5.56 Å². The smallest absolute Gasteiger partial charge is 0.238 e. The topological polar surface area (TPSA) is 35.6 Å². The zero-order valence-corrected chi connectivity index (χ0v) is 16.2. The number of amides is 1. The lowest BCUT2D eigenvalue weighted by molar-refractivity contribution is -0.117. The SMILES string of the molecule is CC(C)c1ccccc1NC(=O)CN1CCN(c2cccc(Cl)c2)CC1. The van der Waals surface area contributed by atoms with Gasteiger partial charge in [-0.25, -0.2) is 0 Å². The highest BCUT2D eigenvalue weighted by molar-refractivity contribution is 6.30. The summed E-state index contributed by atoms with van der Waals surface area (Å²) in [5.41, 5.74) is 3.24. The number of halogens is 1. The van der Waals surface area contributed by atoms with Crippen LogP contribution >= 0.6 is 11.6 Å². The van der Waals surface area contributed by atoms with Crippen molar-refractivity contribution in [3.05, 3.63) is 59.1 Å². The Labute approximate surface area is 160 Å². The molecule has 1 aliphatic heterocycles. The van der Waals surface area contributed by atoms with Gasteiger partial charge in [-0.1, -0.05) is 49.7 Å². The third-order valence-electron chi connectivity index (χ3n) is 4.77. The summed E-state index contributed by atoms with van der Waals surface area (Å²) >= 11 is 6.08. The van der Waals surface area contributed by atoms with Gasteiger partial charge in [0.25, 0.3) is 0 Å². The molecule has 1 amide bonds. The number of piperazine rings is 1. The summed E-state index contributed by atoms with van der Waals surface area (Å²) in [6.07, 6.45) is 0. The highest BCUT2D eigenvalue weighted by Gasteiger charge is 2.20. The van der Waals surface area contributed by atoms with Gasteiger partial charge in [-0.05, 0) is 35.7 Å². The lowest BCUT2D eigenvalue weighted by Gasteiger charge is -2.35. The Hall–Kier alpha value is -2.04. The van der Waals surface area contributed by atoms with E-state index in [9.17, 15) is 4.79 Å². The first kappa shape index (κ1) is 18.7. The number of hydrogen-bond donors (Lipinski definition) is 1. The van der Waals surface area contributed by atoms with Crippen molar-refractivity contribution in [1.82, 2.24) is 4.90 Å². The fourth-order valence-corrected chi connectivity index (χ4v) is 3.53. The molecule has 1 fully saturated rings. The van der Waals surface area contributed by atoms with E-state index in [0.717, 1.165) is 42.6 Å². The molecule has 2 aromatic rings. The first-order valence-corrected chi connectivity index (χ1v) is 9.52. The Morgan fingerprint density at radius 2 is 1.81 bits per heavy atom. The van der Waals surface area contributed by atoms with E-state index < -0.39 is 0 Å². The Morgan fingerprint density at radius 1 is 1.08 bits per heavy atom. The highest BCUT2D eigenvalue weighted by Crippen LogP contribution is 2.24. The van der Waals surface area contributed by atoms with Crippen LogP contribution in [0.4, 0.5) is 11.4 Å². The molecule has 0 radical (unpaired) electrons. The summed E-state index contributed by atoms with van der Waals surface area (Å²) in [4.78, 5) is 17.0. The van der Waals surface area contributed by atoms with Crippen molar-refractivity contribution in [1.29, 1.82) is 0 Å². The van der Waals surface area contributed by atoms with Gasteiger partial charge in [-0.2, -0.15) is 0 Å². The molecule has 1 heterocycles. The lowest BCUT2D eigenvalue weighted by Crippen LogP contribution is -2.48. The molecular weight excluding hydrogens is 346 g/mol. The van der Waals surface area contributed by atoms with Crippen molar-refractivity contribution in [2.24, 2.45) is 0 Å². The first-order chi connectivity index (χ1) is 12.5. The monoisotopic (exact) mass is 371 g/mol. The Bertz CT molecular complexity index is 754. The van der Waals surface area contributed by atoms with E-state index in [4.69, 9.17) is 11.6 Å². The molecule has 5 heteroatoms. The molecule has 1 saturated heterocycles. The fourth-order valence-electron chi connectivity index (χ4n) is 3.34. The second-order valence-electron chi connectivity index (χ2n) is 7.03. The number of rotatable bonds is 5. The maximum atomic E-state index is 12.5. The zero-order chi connectivity index (χ0) is 18.5. The molecule has 1 aliphatic rings. The van der Waals surface area contributed by atoms with Crippen LogP contribution in [0.15, 0.2) is 48.5 Å². The Balaban J connectivity index is 1.52. The fraction of sp³-hybridized carbons (Fsp3) is 0.381. The van der Waals surface area contributed by atoms with E-state index in [2.05, 4.69) is 41.1 Å². The van der Waals surface area contributed by atoms with Crippen LogP contribution in [0.5, 0.6) is 0 Å². The van der Waals surface area contributed by atoms with Gasteiger partial charge in [0, 0.05) is 42.6 Å². The third kappa shape index (κ3) is 4.77. The summed E-state index contributed by atoms with van der Waals surface area (Å²) in [6.45, 7) is 8.24. The molecule has 4 nitrogen and oxygen atoms in total. The van der Waals surface area contributed by atoms with Gasteiger partial charge in [0.05, 0.1) is 6.54 Å². The normalized spacial score (nSPS) is 15.3. The lowest BCUT2D eigenvalue weighted by atomic mass is 10.0. The van der Waals surface area contributed by atoms with Crippen LogP contribution < -0.4 is 10.2 Å². The predicted octanol–water partition coefficient (Wildman–Crippen LogP) is 4.22. The van der Waals surface area contributed by atoms with Gasteiger partial charge in [0.2, 0.25) is 5.91 Å². The molecule has 0 unspecified atom stereocenters. The summed E-state index contributed by atoms with van der Waals surface area (Å²) in [5, 5.41) is 3.84. The standard InChI is InChI=1S/C21H26ClN3O/c1-16(2)19-8-3-4-9-20(19)23-21(26)15-24-10-12-25(13-11-24)18-7-5-6-17(22)14-18/h3-9,14,16H,10-13,15H2,1-2H3,(H,23,26). The predicted molar refractivity (Wildman–Crippen MR) is 109 cm³/mol. The number of hydrogen-bond acceptors (Lipinski definition) is 3. The number of anilines is 2. The summed E-state index contributed by atoms with van der Waals surface area (Å²) in [5.74, 6) is 0.432. The molecule has 0 saturated carbocycles. The Morgan fingerprint density at radius 3 is 2.50 bits per heavy atom. The molecule has 0 aromatic heterocycles. The van der Waals surface area contributed by atoms with Crippen molar-refractivity contribution in [3.8, 4) is 0 Å². The average Bonchev–Trinajstić information content (AvgIpc) is 2.62. The quantitative estimate of drug-likeness (QED) is 0.854. The first-order valence-electron chi connectivity index (χ1n) is 9.14. The number of benzene rings is 2. The van der Waals surface area contributed by atoms with E-state index in [0.29, 0.717) is 12.5 Å². The third-order valence-corrected chi connectivity index (χ3v) is 5.00.